The number of rotatable bonds is 5. The van der Waals surface area contributed by atoms with Crippen LogP contribution < -0.4 is 14.2 Å². The summed E-state index contributed by atoms with van der Waals surface area (Å²) in [5.74, 6) is 2.42. The maximum Gasteiger partial charge on any atom is 0.264 e. The second-order valence-electron chi connectivity index (χ2n) is 7.21. The summed E-state index contributed by atoms with van der Waals surface area (Å²) in [6, 6.07) is 13.9. The van der Waals surface area contributed by atoms with Gasteiger partial charge in [0.1, 0.15) is 5.75 Å². The van der Waals surface area contributed by atoms with E-state index in [1.54, 1.807) is 14.2 Å². The van der Waals surface area contributed by atoms with Gasteiger partial charge in [0.2, 0.25) is 0 Å². The molecule has 1 fully saturated rings. The normalized spacial score (nSPS) is 19.1. The van der Waals surface area contributed by atoms with Crippen LogP contribution in [0, 0.1) is 0 Å². The van der Waals surface area contributed by atoms with Gasteiger partial charge in [0.25, 0.3) is 5.91 Å². The molecule has 0 radical (unpaired) electrons. The standard InChI is InChI=1S/C22H26N2O4/c1-26-19-8-7-16(13-20(19)27-2)15-23-9-11-24(12-10-23)22(25)21-14-17-5-3-4-6-18(17)28-21/h3-8,13,21H,9-12,14-15H2,1-2H3/t21-/m0/s1. The number of methoxy groups -OCH3 is 2. The number of piperazine rings is 1. The smallest absolute Gasteiger partial charge is 0.264 e. The molecule has 2 aliphatic rings. The van der Waals surface area contributed by atoms with Gasteiger partial charge in [0.05, 0.1) is 14.2 Å². The molecule has 0 bridgehead atoms. The van der Waals surface area contributed by atoms with Crippen molar-refractivity contribution < 1.29 is 19.0 Å². The molecule has 0 saturated carbocycles. The molecule has 0 N–H and O–H groups in total. The highest BCUT2D eigenvalue weighted by molar-refractivity contribution is 5.82. The van der Waals surface area contributed by atoms with E-state index in [1.807, 2.05) is 41.3 Å². The van der Waals surface area contributed by atoms with Crippen LogP contribution in [0.5, 0.6) is 17.2 Å². The average Bonchev–Trinajstić information content (AvgIpc) is 3.18. The topological polar surface area (TPSA) is 51.2 Å². The molecule has 2 aliphatic heterocycles. The van der Waals surface area contributed by atoms with E-state index >= 15 is 0 Å². The summed E-state index contributed by atoms with van der Waals surface area (Å²) in [6.07, 6.45) is 0.288. The number of benzene rings is 2. The molecule has 4 rings (SSSR count). The fourth-order valence-corrected chi connectivity index (χ4v) is 3.89. The summed E-state index contributed by atoms with van der Waals surface area (Å²) >= 11 is 0. The van der Waals surface area contributed by atoms with Crippen LogP contribution in [0.4, 0.5) is 0 Å². The van der Waals surface area contributed by atoms with Crippen molar-refractivity contribution in [2.45, 2.75) is 19.1 Å². The molecule has 2 aromatic rings. The predicted molar refractivity (Wildman–Crippen MR) is 106 cm³/mol. The molecule has 2 heterocycles. The first-order valence-corrected chi connectivity index (χ1v) is 9.64. The van der Waals surface area contributed by atoms with Crippen LogP contribution in [0.3, 0.4) is 0 Å². The minimum absolute atomic E-state index is 0.0990. The second kappa shape index (κ2) is 8.10. The zero-order valence-corrected chi connectivity index (χ0v) is 16.4. The van der Waals surface area contributed by atoms with Gasteiger partial charge < -0.3 is 19.1 Å². The van der Waals surface area contributed by atoms with E-state index in [2.05, 4.69) is 11.0 Å². The third kappa shape index (κ3) is 3.78. The van der Waals surface area contributed by atoms with Crippen molar-refractivity contribution in [2.75, 3.05) is 40.4 Å². The van der Waals surface area contributed by atoms with Crippen molar-refractivity contribution in [2.24, 2.45) is 0 Å². The highest BCUT2D eigenvalue weighted by Gasteiger charge is 2.33. The Morgan fingerprint density at radius 2 is 1.79 bits per heavy atom. The van der Waals surface area contributed by atoms with Gasteiger partial charge in [-0.05, 0) is 29.3 Å². The molecule has 1 amide bonds. The Balaban J connectivity index is 1.31. The average molecular weight is 382 g/mol. The lowest BCUT2D eigenvalue weighted by Crippen LogP contribution is -2.51. The summed E-state index contributed by atoms with van der Waals surface area (Å²) < 4.78 is 16.5. The van der Waals surface area contributed by atoms with Crippen molar-refractivity contribution in [3.8, 4) is 17.2 Å². The van der Waals surface area contributed by atoms with Crippen LogP contribution in [-0.2, 0) is 17.8 Å². The summed E-state index contributed by atoms with van der Waals surface area (Å²) in [5, 5.41) is 0. The lowest BCUT2D eigenvalue weighted by molar-refractivity contribution is -0.139. The molecule has 0 spiro atoms. The van der Waals surface area contributed by atoms with Gasteiger partial charge in [-0.3, -0.25) is 9.69 Å². The number of nitrogens with zero attached hydrogens (tertiary/aromatic N) is 2. The first-order chi connectivity index (χ1) is 13.7. The Kier molecular flexibility index (Phi) is 5.39. The minimum Gasteiger partial charge on any atom is -0.493 e. The molecule has 28 heavy (non-hydrogen) atoms. The maximum atomic E-state index is 12.8. The number of carbonyl (C=O) groups excluding carboxylic acids is 1. The van der Waals surface area contributed by atoms with Crippen LogP contribution in [0.1, 0.15) is 11.1 Å². The van der Waals surface area contributed by atoms with Gasteiger partial charge in [-0.25, -0.2) is 0 Å². The molecule has 6 heteroatoms. The monoisotopic (exact) mass is 382 g/mol. The third-order valence-corrected chi connectivity index (χ3v) is 5.46. The molecule has 148 valence electrons. The van der Waals surface area contributed by atoms with E-state index in [1.165, 1.54) is 5.56 Å². The highest BCUT2D eigenvalue weighted by atomic mass is 16.5. The number of para-hydroxylation sites is 1. The summed E-state index contributed by atoms with van der Waals surface area (Å²) in [7, 11) is 3.29. The van der Waals surface area contributed by atoms with Crippen LogP contribution >= 0.6 is 0 Å². The van der Waals surface area contributed by atoms with Crippen molar-refractivity contribution in [3.63, 3.8) is 0 Å². The highest BCUT2D eigenvalue weighted by Crippen LogP contribution is 2.30. The molecular weight excluding hydrogens is 356 g/mol. The zero-order valence-electron chi connectivity index (χ0n) is 16.4. The van der Waals surface area contributed by atoms with Gasteiger partial charge in [0, 0.05) is 39.1 Å². The van der Waals surface area contributed by atoms with Gasteiger partial charge in [0.15, 0.2) is 17.6 Å². The molecule has 0 aromatic heterocycles. The molecule has 0 aliphatic carbocycles. The van der Waals surface area contributed by atoms with E-state index in [4.69, 9.17) is 14.2 Å². The van der Waals surface area contributed by atoms with Gasteiger partial charge in [-0.15, -0.1) is 0 Å². The zero-order chi connectivity index (χ0) is 19.5. The van der Waals surface area contributed by atoms with E-state index < -0.39 is 0 Å². The van der Waals surface area contributed by atoms with Crippen molar-refractivity contribution >= 4 is 5.91 Å². The summed E-state index contributed by atoms with van der Waals surface area (Å²) in [5.41, 5.74) is 2.29. The summed E-state index contributed by atoms with van der Waals surface area (Å²) in [6.45, 7) is 3.97. The maximum absolute atomic E-state index is 12.8. The minimum atomic E-state index is -0.380. The Bertz CT molecular complexity index is 821. The second-order valence-corrected chi connectivity index (χ2v) is 7.21. The lowest BCUT2D eigenvalue weighted by atomic mass is 10.1. The van der Waals surface area contributed by atoms with Crippen LogP contribution in [0.2, 0.25) is 0 Å². The Labute approximate surface area is 165 Å². The number of ether oxygens (including phenoxy) is 3. The van der Waals surface area contributed by atoms with Crippen LogP contribution in [0.25, 0.3) is 0 Å². The van der Waals surface area contributed by atoms with Gasteiger partial charge >= 0.3 is 0 Å². The van der Waals surface area contributed by atoms with Gasteiger partial charge in [-0.1, -0.05) is 24.3 Å². The number of hydrogen-bond acceptors (Lipinski definition) is 5. The fraction of sp³-hybridized carbons (Fsp3) is 0.409. The van der Waals surface area contributed by atoms with Crippen LogP contribution in [-0.4, -0.2) is 62.2 Å². The van der Waals surface area contributed by atoms with Gasteiger partial charge in [-0.2, -0.15) is 0 Å². The van der Waals surface area contributed by atoms with Crippen molar-refractivity contribution in [1.29, 1.82) is 0 Å². The number of fused-ring (bicyclic) bond motifs is 1. The number of amides is 1. The van der Waals surface area contributed by atoms with Crippen molar-refractivity contribution in [3.05, 3.63) is 53.6 Å². The van der Waals surface area contributed by atoms with E-state index in [9.17, 15) is 4.79 Å². The third-order valence-electron chi connectivity index (χ3n) is 5.46. The molecular formula is C22H26N2O4. The molecule has 1 saturated heterocycles. The molecule has 6 nitrogen and oxygen atoms in total. The van der Waals surface area contributed by atoms with E-state index in [-0.39, 0.29) is 12.0 Å². The van der Waals surface area contributed by atoms with Crippen molar-refractivity contribution in [1.82, 2.24) is 9.80 Å². The fourth-order valence-electron chi connectivity index (χ4n) is 3.89. The Morgan fingerprint density at radius 1 is 1.04 bits per heavy atom. The molecule has 1 atom stereocenters. The van der Waals surface area contributed by atoms with E-state index in [0.29, 0.717) is 6.42 Å². The number of carbonyl (C=O) groups is 1. The number of hydrogen-bond donors (Lipinski definition) is 0. The molecule has 0 unspecified atom stereocenters. The van der Waals surface area contributed by atoms with E-state index in [0.717, 1.165) is 55.5 Å². The molecule has 2 aromatic carbocycles. The Hall–Kier alpha value is -2.73. The van der Waals surface area contributed by atoms with Crippen LogP contribution in [0.15, 0.2) is 42.5 Å². The Morgan fingerprint density at radius 3 is 2.50 bits per heavy atom. The first-order valence-electron chi connectivity index (χ1n) is 9.64. The SMILES string of the molecule is COc1ccc(CN2CCN(C(=O)[C@@H]3Cc4ccccc4O3)CC2)cc1OC. The summed E-state index contributed by atoms with van der Waals surface area (Å²) in [4.78, 5) is 17.1. The predicted octanol–water partition coefficient (Wildman–Crippen LogP) is 2.35. The largest absolute Gasteiger partial charge is 0.493 e. The first kappa shape index (κ1) is 18.6. The quantitative estimate of drug-likeness (QED) is 0.795. The lowest BCUT2D eigenvalue weighted by Gasteiger charge is -2.35.